The molecule has 0 heterocycles. The van der Waals surface area contributed by atoms with E-state index in [1.54, 1.807) is 0 Å². The first-order valence-corrected chi connectivity index (χ1v) is 4.67. The second kappa shape index (κ2) is 5.16. The van der Waals surface area contributed by atoms with Crippen molar-refractivity contribution >= 4 is 0 Å². The monoisotopic (exact) mass is 237 g/mol. The lowest BCUT2D eigenvalue weighted by atomic mass is 10.2. The highest BCUT2D eigenvalue weighted by Gasteiger charge is 2.31. The van der Waals surface area contributed by atoms with Crippen molar-refractivity contribution in [1.29, 1.82) is 0 Å². The molecule has 0 saturated carbocycles. The molecule has 0 amide bonds. The highest BCUT2D eigenvalue weighted by atomic mass is 19.4. The van der Waals surface area contributed by atoms with Gasteiger partial charge in [0.25, 0.3) is 0 Å². The molecule has 16 heavy (non-hydrogen) atoms. The number of halogens is 4. The minimum atomic E-state index is -4.80. The van der Waals surface area contributed by atoms with Crippen molar-refractivity contribution in [1.82, 2.24) is 5.32 Å². The lowest BCUT2D eigenvalue weighted by Gasteiger charge is -2.10. The van der Waals surface area contributed by atoms with Crippen molar-refractivity contribution in [2.24, 2.45) is 0 Å². The predicted molar refractivity (Wildman–Crippen MR) is 50.5 cm³/mol. The van der Waals surface area contributed by atoms with Crippen LogP contribution in [0.5, 0.6) is 5.75 Å². The highest BCUT2D eigenvalue weighted by molar-refractivity contribution is 5.29. The van der Waals surface area contributed by atoms with Crippen LogP contribution in [0.4, 0.5) is 17.6 Å². The molecule has 0 unspecified atom stereocenters. The molecule has 1 aromatic rings. The van der Waals surface area contributed by atoms with Crippen molar-refractivity contribution < 1.29 is 22.3 Å². The summed E-state index contributed by atoms with van der Waals surface area (Å²) >= 11 is 0. The summed E-state index contributed by atoms with van der Waals surface area (Å²) < 4.78 is 52.3. The second-order valence-corrected chi connectivity index (χ2v) is 3.08. The minimum Gasteiger partial charge on any atom is -0.406 e. The molecule has 0 aliphatic carbocycles. The van der Waals surface area contributed by atoms with Gasteiger partial charge in [0.1, 0.15) is 11.6 Å². The van der Waals surface area contributed by atoms with Gasteiger partial charge in [-0.25, -0.2) is 4.39 Å². The maximum atomic E-state index is 13.3. The molecule has 90 valence electrons. The van der Waals surface area contributed by atoms with Gasteiger partial charge in [0.2, 0.25) is 0 Å². The molecule has 0 aliphatic rings. The van der Waals surface area contributed by atoms with Gasteiger partial charge < -0.3 is 10.1 Å². The van der Waals surface area contributed by atoms with Gasteiger partial charge in [0, 0.05) is 18.2 Å². The third kappa shape index (κ3) is 4.06. The molecule has 1 N–H and O–H groups in total. The van der Waals surface area contributed by atoms with E-state index in [1.165, 1.54) is 6.07 Å². The zero-order chi connectivity index (χ0) is 12.2. The van der Waals surface area contributed by atoms with Crippen molar-refractivity contribution in [3.63, 3.8) is 0 Å². The molecule has 6 heteroatoms. The van der Waals surface area contributed by atoms with Crippen molar-refractivity contribution in [2.75, 3.05) is 6.54 Å². The van der Waals surface area contributed by atoms with Gasteiger partial charge >= 0.3 is 6.36 Å². The van der Waals surface area contributed by atoms with Crippen molar-refractivity contribution in [3.05, 3.63) is 29.6 Å². The Morgan fingerprint density at radius 2 is 2.00 bits per heavy atom. The van der Waals surface area contributed by atoms with E-state index < -0.39 is 17.9 Å². The molecule has 0 bridgehead atoms. The number of alkyl halides is 3. The normalized spacial score (nSPS) is 11.6. The Morgan fingerprint density at radius 3 is 2.50 bits per heavy atom. The molecule has 0 spiro atoms. The van der Waals surface area contributed by atoms with Gasteiger partial charge in [-0.15, -0.1) is 13.2 Å². The fourth-order valence-electron chi connectivity index (χ4n) is 1.13. The summed E-state index contributed by atoms with van der Waals surface area (Å²) in [5.74, 6) is -1.27. The summed E-state index contributed by atoms with van der Waals surface area (Å²) in [6.45, 7) is 2.77. The first-order chi connectivity index (χ1) is 7.42. The van der Waals surface area contributed by atoms with Crippen LogP contribution in [0, 0.1) is 5.82 Å². The third-order valence-corrected chi connectivity index (χ3v) is 1.82. The molecule has 0 aliphatic heterocycles. The summed E-state index contributed by atoms with van der Waals surface area (Å²) in [4.78, 5) is 0. The first-order valence-electron chi connectivity index (χ1n) is 4.67. The SMILES string of the molecule is CCNCc1ccc(OC(F)(F)F)cc1F. The van der Waals surface area contributed by atoms with Gasteiger partial charge in [0.05, 0.1) is 0 Å². The Kier molecular flexibility index (Phi) is 4.12. The lowest BCUT2D eigenvalue weighted by Crippen LogP contribution is -2.17. The van der Waals surface area contributed by atoms with Crippen LogP contribution in [0.25, 0.3) is 0 Å². The highest BCUT2D eigenvalue weighted by Crippen LogP contribution is 2.24. The molecule has 2 nitrogen and oxygen atoms in total. The number of benzene rings is 1. The number of hydrogen-bond donors (Lipinski definition) is 1. The van der Waals surface area contributed by atoms with E-state index in [-0.39, 0.29) is 6.54 Å². The van der Waals surface area contributed by atoms with Gasteiger partial charge in [-0.05, 0) is 12.6 Å². The summed E-state index contributed by atoms with van der Waals surface area (Å²) in [7, 11) is 0. The summed E-state index contributed by atoms with van der Waals surface area (Å²) in [5.41, 5.74) is 0.302. The van der Waals surface area contributed by atoms with Crippen LogP contribution in [0.3, 0.4) is 0 Å². The Morgan fingerprint density at radius 1 is 1.31 bits per heavy atom. The van der Waals surface area contributed by atoms with Gasteiger partial charge in [-0.3, -0.25) is 0 Å². The first kappa shape index (κ1) is 12.8. The van der Waals surface area contributed by atoms with Crippen LogP contribution in [-0.4, -0.2) is 12.9 Å². The quantitative estimate of drug-likeness (QED) is 0.813. The lowest BCUT2D eigenvalue weighted by molar-refractivity contribution is -0.274. The van der Waals surface area contributed by atoms with Crippen LogP contribution < -0.4 is 10.1 Å². The molecule has 1 rings (SSSR count). The summed E-state index contributed by atoms with van der Waals surface area (Å²) in [5, 5.41) is 2.87. The van der Waals surface area contributed by atoms with E-state index >= 15 is 0 Å². The molecular formula is C10H11F4NO. The molecule has 0 saturated heterocycles. The Balaban J connectivity index is 2.74. The van der Waals surface area contributed by atoms with Crippen LogP contribution in [0.2, 0.25) is 0 Å². The van der Waals surface area contributed by atoms with Gasteiger partial charge in [-0.1, -0.05) is 13.0 Å². The van der Waals surface area contributed by atoms with E-state index in [0.29, 0.717) is 12.1 Å². The average molecular weight is 237 g/mol. The molecule has 1 aromatic carbocycles. The Bertz CT molecular complexity index is 351. The Hall–Kier alpha value is -1.30. The zero-order valence-corrected chi connectivity index (χ0v) is 8.57. The number of hydrogen-bond acceptors (Lipinski definition) is 2. The number of ether oxygens (including phenoxy) is 1. The zero-order valence-electron chi connectivity index (χ0n) is 8.57. The van der Waals surface area contributed by atoms with Gasteiger partial charge in [0.15, 0.2) is 0 Å². The van der Waals surface area contributed by atoms with Crippen LogP contribution in [0.15, 0.2) is 18.2 Å². The molecular weight excluding hydrogens is 226 g/mol. The number of rotatable bonds is 4. The smallest absolute Gasteiger partial charge is 0.406 e. The molecule has 0 atom stereocenters. The largest absolute Gasteiger partial charge is 0.573 e. The van der Waals surface area contributed by atoms with Crippen molar-refractivity contribution in [3.8, 4) is 5.75 Å². The van der Waals surface area contributed by atoms with E-state index in [9.17, 15) is 17.6 Å². The van der Waals surface area contributed by atoms with Crippen molar-refractivity contribution in [2.45, 2.75) is 19.8 Å². The molecule has 0 aromatic heterocycles. The van der Waals surface area contributed by atoms with E-state index in [2.05, 4.69) is 10.1 Å². The van der Waals surface area contributed by atoms with E-state index in [1.807, 2.05) is 6.92 Å². The molecule has 0 radical (unpaired) electrons. The minimum absolute atomic E-state index is 0.272. The predicted octanol–water partition coefficient (Wildman–Crippen LogP) is 2.83. The van der Waals surface area contributed by atoms with Crippen LogP contribution >= 0.6 is 0 Å². The molecule has 0 fully saturated rings. The van der Waals surface area contributed by atoms with Crippen LogP contribution in [-0.2, 0) is 6.54 Å². The fourth-order valence-corrected chi connectivity index (χ4v) is 1.13. The Labute approximate surface area is 90.2 Å². The van der Waals surface area contributed by atoms with Crippen LogP contribution in [0.1, 0.15) is 12.5 Å². The maximum Gasteiger partial charge on any atom is 0.573 e. The summed E-state index contributed by atoms with van der Waals surface area (Å²) in [6.07, 6.45) is -4.80. The summed E-state index contributed by atoms with van der Waals surface area (Å²) in [6, 6.07) is 3.07. The van der Waals surface area contributed by atoms with Gasteiger partial charge in [-0.2, -0.15) is 0 Å². The number of nitrogens with one attached hydrogen (secondary N) is 1. The average Bonchev–Trinajstić information content (AvgIpc) is 2.14. The van der Waals surface area contributed by atoms with E-state index in [4.69, 9.17) is 0 Å². The fraction of sp³-hybridized carbons (Fsp3) is 0.400. The third-order valence-electron chi connectivity index (χ3n) is 1.82. The topological polar surface area (TPSA) is 21.3 Å². The second-order valence-electron chi connectivity index (χ2n) is 3.08. The maximum absolute atomic E-state index is 13.3. The van der Waals surface area contributed by atoms with E-state index in [0.717, 1.165) is 12.1 Å². The standard InChI is InChI=1S/C10H11F4NO/c1-2-15-6-7-3-4-8(5-9(7)11)16-10(12,13)14/h3-5,15H,2,6H2,1H3.